The van der Waals surface area contributed by atoms with Crippen LogP contribution in [0.15, 0.2) is 4.52 Å². The van der Waals surface area contributed by atoms with Crippen molar-refractivity contribution >= 4 is 17.7 Å². The number of ether oxygens (including phenoxy) is 1. The van der Waals surface area contributed by atoms with Gasteiger partial charge in [0.05, 0.1) is 12.4 Å². The van der Waals surface area contributed by atoms with Crippen molar-refractivity contribution < 1.29 is 14.1 Å². The van der Waals surface area contributed by atoms with E-state index in [2.05, 4.69) is 17.1 Å². The number of aromatic nitrogens is 2. The van der Waals surface area contributed by atoms with Crippen molar-refractivity contribution in [3.8, 4) is 0 Å². The highest BCUT2D eigenvalue weighted by atomic mass is 32.2. The predicted octanol–water partition coefficient (Wildman–Crippen LogP) is 2.70. The Kier molecular flexibility index (Phi) is 4.85. The van der Waals surface area contributed by atoms with E-state index in [1.54, 1.807) is 11.8 Å². The van der Waals surface area contributed by atoms with Gasteiger partial charge in [0.2, 0.25) is 5.89 Å². The van der Waals surface area contributed by atoms with Crippen molar-refractivity contribution in [2.45, 2.75) is 50.7 Å². The molecule has 6 heteroatoms. The van der Waals surface area contributed by atoms with Crippen LogP contribution >= 0.6 is 11.8 Å². The number of carbonyl (C=O) groups excluding carboxylic acids is 1. The largest absolute Gasteiger partial charge is 0.465 e. The van der Waals surface area contributed by atoms with Crippen LogP contribution in [0.1, 0.15) is 51.2 Å². The van der Waals surface area contributed by atoms with Crippen LogP contribution in [0.4, 0.5) is 0 Å². The zero-order valence-corrected chi connectivity index (χ0v) is 12.3. The van der Waals surface area contributed by atoms with Crippen molar-refractivity contribution in [2.24, 2.45) is 0 Å². The average molecular weight is 284 g/mol. The van der Waals surface area contributed by atoms with Crippen LogP contribution in [-0.2, 0) is 20.7 Å². The van der Waals surface area contributed by atoms with Crippen LogP contribution in [0.25, 0.3) is 0 Å². The highest BCUT2D eigenvalue weighted by Gasteiger charge is 2.49. The molecule has 19 heavy (non-hydrogen) atoms. The maximum absolute atomic E-state index is 12.2. The molecular weight excluding hydrogens is 264 g/mol. The van der Waals surface area contributed by atoms with Crippen LogP contribution in [0.5, 0.6) is 0 Å². The minimum absolute atomic E-state index is 0.217. The number of thioether (sulfide) groups is 1. The van der Waals surface area contributed by atoms with Gasteiger partial charge in [-0.25, -0.2) is 0 Å². The highest BCUT2D eigenvalue weighted by molar-refractivity contribution is 7.98. The fraction of sp³-hybridized carbons (Fsp3) is 0.769. The first-order valence-electron chi connectivity index (χ1n) is 6.81. The molecule has 106 valence electrons. The molecule has 0 radical (unpaired) electrons. The van der Waals surface area contributed by atoms with Crippen molar-refractivity contribution in [1.29, 1.82) is 0 Å². The minimum Gasteiger partial charge on any atom is -0.465 e. The van der Waals surface area contributed by atoms with E-state index in [0.29, 0.717) is 18.3 Å². The Balaban J connectivity index is 2.19. The Morgan fingerprint density at radius 3 is 2.79 bits per heavy atom. The summed E-state index contributed by atoms with van der Waals surface area (Å²) in [6, 6.07) is 0. The van der Waals surface area contributed by atoms with E-state index in [9.17, 15) is 4.79 Å². The lowest BCUT2D eigenvalue weighted by Crippen LogP contribution is -2.35. The van der Waals surface area contributed by atoms with Crippen molar-refractivity contribution in [3.63, 3.8) is 0 Å². The predicted molar refractivity (Wildman–Crippen MR) is 72.9 cm³/mol. The molecule has 0 amide bonds. The molecule has 1 aromatic rings. The van der Waals surface area contributed by atoms with Gasteiger partial charge < -0.3 is 9.26 Å². The van der Waals surface area contributed by atoms with E-state index in [0.717, 1.165) is 37.2 Å². The molecule has 0 unspecified atom stereocenters. The Bertz CT molecular complexity index is 427. The topological polar surface area (TPSA) is 65.2 Å². The maximum atomic E-state index is 12.2. The van der Waals surface area contributed by atoms with Crippen molar-refractivity contribution in [2.75, 3.05) is 12.4 Å². The van der Waals surface area contributed by atoms with Gasteiger partial charge in [0.15, 0.2) is 5.82 Å². The SMILES string of the molecule is CCOC(=O)C1(c2nc(CSCC)no2)CCCC1. The molecular formula is C13H20N2O3S. The maximum Gasteiger partial charge on any atom is 0.321 e. The van der Waals surface area contributed by atoms with Gasteiger partial charge in [-0.15, -0.1) is 0 Å². The first kappa shape index (κ1) is 14.4. The molecule has 5 nitrogen and oxygen atoms in total. The third-order valence-corrected chi connectivity index (χ3v) is 4.31. The quantitative estimate of drug-likeness (QED) is 0.748. The molecule has 1 aromatic heterocycles. The fourth-order valence-corrected chi connectivity index (χ4v) is 2.96. The molecule has 1 fully saturated rings. The molecule has 0 bridgehead atoms. The second kappa shape index (κ2) is 6.41. The minimum atomic E-state index is -0.696. The summed E-state index contributed by atoms with van der Waals surface area (Å²) < 4.78 is 10.5. The summed E-state index contributed by atoms with van der Waals surface area (Å²) in [5.74, 6) is 2.62. The molecule has 0 spiro atoms. The average Bonchev–Trinajstić information content (AvgIpc) is 3.06. The second-order valence-corrected chi connectivity index (χ2v) is 5.94. The van der Waals surface area contributed by atoms with Gasteiger partial charge in [-0.2, -0.15) is 16.7 Å². The van der Waals surface area contributed by atoms with Crippen LogP contribution in [0.2, 0.25) is 0 Å². The Morgan fingerprint density at radius 2 is 2.16 bits per heavy atom. The lowest BCUT2D eigenvalue weighted by atomic mass is 9.86. The number of esters is 1. The summed E-state index contributed by atoms with van der Waals surface area (Å²) in [5.41, 5.74) is -0.696. The molecule has 0 atom stereocenters. The second-order valence-electron chi connectivity index (χ2n) is 4.66. The molecule has 0 N–H and O–H groups in total. The van der Waals surface area contributed by atoms with Gasteiger partial charge in [-0.1, -0.05) is 24.9 Å². The zero-order valence-electron chi connectivity index (χ0n) is 11.5. The first-order chi connectivity index (χ1) is 9.23. The van der Waals surface area contributed by atoms with Gasteiger partial charge >= 0.3 is 5.97 Å². The van der Waals surface area contributed by atoms with E-state index in [-0.39, 0.29) is 5.97 Å². The lowest BCUT2D eigenvalue weighted by molar-refractivity contribution is -0.151. The number of hydrogen-bond acceptors (Lipinski definition) is 6. The van der Waals surface area contributed by atoms with Crippen molar-refractivity contribution in [3.05, 3.63) is 11.7 Å². The Morgan fingerprint density at radius 1 is 1.42 bits per heavy atom. The van der Waals surface area contributed by atoms with E-state index < -0.39 is 5.41 Å². The smallest absolute Gasteiger partial charge is 0.321 e. The first-order valence-corrected chi connectivity index (χ1v) is 7.96. The van der Waals surface area contributed by atoms with Crippen molar-refractivity contribution in [1.82, 2.24) is 10.1 Å². The highest BCUT2D eigenvalue weighted by Crippen LogP contribution is 2.41. The standard InChI is InChI=1S/C13H20N2O3S/c1-3-17-12(16)13(7-5-6-8-13)11-14-10(15-18-11)9-19-4-2/h3-9H2,1-2H3. The van der Waals surface area contributed by atoms with E-state index in [1.807, 2.05) is 6.92 Å². The third kappa shape index (κ3) is 2.94. The van der Waals surface area contributed by atoms with Gasteiger partial charge in [0, 0.05) is 0 Å². The van der Waals surface area contributed by atoms with Crippen LogP contribution < -0.4 is 0 Å². The molecule has 2 rings (SSSR count). The monoisotopic (exact) mass is 284 g/mol. The van der Waals surface area contributed by atoms with E-state index in [1.165, 1.54) is 0 Å². The van der Waals surface area contributed by atoms with Crippen LogP contribution in [0, 0.1) is 0 Å². The molecule has 0 aliphatic heterocycles. The Hall–Kier alpha value is -1.04. The number of rotatable bonds is 6. The molecule has 1 aliphatic carbocycles. The molecule has 0 saturated heterocycles. The van der Waals surface area contributed by atoms with E-state index in [4.69, 9.17) is 9.26 Å². The summed E-state index contributed by atoms with van der Waals surface area (Å²) in [7, 11) is 0. The number of hydrogen-bond donors (Lipinski definition) is 0. The lowest BCUT2D eigenvalue weighted by Gasteiger charge is -2.21. The van der Waals surface area contributed by atoms with Gasteiger partial charge in [-0.3, -0.25) is 4.79 Å². The summed E-state index contributed by atoms with van der Waals surface area (Å²) in [6.45, 7) is 4.29. The van der Waals surface area contributed by atoms with Gasteiger partial charge in [-0.05, 0) is 25.5 Å². The van der Waals surface area contributed by atoms with Crippen LogP contribution in [-0.4, -0.2) is 28.5 Å². The molecule has 1 aliphatic rings. The summed E-state index contributed by atoms with van der Waals surface area (Å²) in [5, 5.41) is 3.97. The summed E-state index contributed by atoms with van der Waals surface area (Å²) in [4.78, 5) is 16.6. The molecule has 1 heterocycles. The summed E-state index contributed by atoms with van der Waals surface area (Å²) in [6.07, 6.45) is 3.49. The number of nitrogens with zero attached hydrogens (tertiary/aromatic N) is 2. The molecule has 0 aromatic carbocycles. The normalized spacial score (nSPS) is 17.6. The Labute approximate surface area is 117 Å². The van der Waals surface area contributed by atoms with Crippen LogP contribution in [0.3, 0.4) is 0 Å². The fourth-order valence-electron chi connectivity index (χ4n) is 2.45. The zero-order chi connectivity index (χ0) is 13.7. The summed E-state index contributed by atoms with van der Waals surface area (Å²) >= 11 is 1.73. The number of carbonyl (C=O) groups is 1. The van der Waals surface area contributed by atoms with Gasteiger partial charge in [0.1, 0.15) is 5.41 Å². The third-order valence-electron chi connectivity index (χ3n) is 3.44. The molecule has 1 saturated carbocycles. The van der Waals surface area contributed by atoms with Gasteiger partial charge in [0.25, 0.3) is 0 Å². The van der Waals surface area contributed by atoms with E-state index >= 15 is 0 Å².